The molecule has 0 bridgehead atoms. The molecule has 0 aliphatic rings. The van der Waals surface area contributed by atoms with Crippen LogP contribution in [0.5, 0.6) is 0 Å². The molecule has 4 aromatic carbocycles. The molecule has 38 heavy (non-hydrogen) atoms. The summed E-state index contributed by atoms with van der Waals surface area (Å²) < 4.78 is 6.09. The average Bonchev–Trinajstić information content (AvgIpc) is 2.90. The standard InChI is InChI=1S/C33H37NO4/c1-22-15-27(18-28(16-22)32(36)37)31-12-8-7-11-30(31)23(2)38-21-29(35)20-34-33(3,4)19-24-13-14-25-9-5-6-10-26(25)17-24/h5-18,23,29,34-35H,19-21H2,1-4H3,(H,36,37)/t23-,29-/m1/s1. The number of carbonyl (C=O) groups is 1. The third-order valence-electron chi connectivity index (χ3n) is 6.85. The first-order valence-corrected chi connectivity index (χ1v) is 13.1. The third-order valence-corrected chi connectivity index (χ3v) is 6.85. The van der Waals surface area contributed by atoms with E-state index in [9.17, 15) is 15.0 Å². The van der Waals surface area contributed by atoms with E-state index >= 15 is 0 Å². The van der Waals surface area contributed by atoms with E-state index in [0.717, 1.165) is 28.7 Å². The Morgan fingerprint density at radius 3 is 2.42 bits per heavy atom. The number of aliphatic hydroxyl groups excluding tert-OH is 1. The second kappa shape index (κ2) is 11.9. The summed E-state index contributed by atoms with van der Waals surface area (Å²) in [5.74, 6) is -0.948. The molecule has 0 amide bonds. The Hall–Kier alpha value is -3.51. The van der Waals surface area contributed by atoms with Crippen LogP contribution in [0.2, 0.25) is 0 Å². The highest BCUT2D eigenvalue weighted by molar-refractivity contribution is 5.90. The van der Waals surface area contributed by atoms with Crippen molar-refractivity contribution in [1.29, 1.82) is 0 Å². The molecule has 0 radical (unpaired) electrons. The maximum absolute atomic E-state index is 11.6. The van der Waals surface area contributed by atoms with Crippen LogP contribution in [-0.2, 0) is 11.2 Å². The van der Waals surface area contributed by atoms with Gasteiger partial charge < -0.3 is 20.3 Å². The van der Waals surface area contributed by atoms with Crippen molar-refractivity contribution in [2.24, 2.45) is 0 Å². The minimum absolute atomic E-state index is 0.183. The number of ether oxygens (including phenoxy) is 1. The molecule has 0 saturated carbocycles. The molecule has 0 fully saturated rings. The first kappa shape index (κ1) is 27.5. The molecule has 0 heterocycles. The van der Waals surface area contributed by atoms with Gasteiger partial charge in [0.2, 0.25) is 0 Å². The fourth-order valence-corrected chi connectivity index (χ4v) is 4.90. The highest BCUT2D eigenvalue weighted by Gasteiger charge is 2.21. The second-order valence-corrected chi connectivity index (χ2v) is 10.7. The van der Waals surface area contributed by atoms with Crippen molar-refractivity contribution in [1.82, 2.24) is 5.32 Å². The summed E-state index contributed by atoms with van der Waals surface area (Å²) in [5, 5.41) is 26.1. The summed E-state index contributed by atoms with van der Waals surface area (Å²) in [6.07, 6.45) is -0.109. The predicted molar refractivity (Wildman–Crippen MR) is 154 cm³/mol. The Morgan fingerprint density at radius 1 is 0.947 bits per heavy atom. The summed E-state index contributed by atoms with van der Waals surface area (Å²) in [7, 11) is 0. The quantitative estimate of drug-likeness (QED) is 0.212. The van der Waals surface area contributed by atoms with Crippen LogP contribution in [0.15, 0.2) is 84.9 Å². The number of hydrogen-bond donors (Lipinski definition) is 3. The van der Waals surface area contributed by atoms with Gasteiger partial charge in [-0.3, -0.25) is 0 Å². The van der Waals surface area contributed by atoms with Gasteiger partial charge in [-0.2, -0.15) is 0 Å². The Balaban J connectivity index is 1.35. The lowest BCUT2D eigenvalue weighted by Gasteiger charge is -2.28. The minimum Gasteiger partial charge on any atom is -0.478 e. The molecule has 0 aliphatic heterocycles. The van der Waals surface area contributed by atoms with E-state index in [4.69, 9.17) is 4.74 Å². The number of hydrogen-bond acceptors (Lipinski definition) is 4. The number of carboxylic acid groups (broad SMARTS) is 1. The molecule has 0 spiro atoms. The smallest absolute Gasteiger partial charge is 0.335 e. The van der Waals surface area contributed by atoms with Gasteiger partial charge in [-0.05, 0) is 84.8 Å². The molecular formula is C33H37NO4. The summed E-state index contributed by atoms with van der Waals surface area (Å²) in [4.78, 5) is 11.6. The number of fused-ring (bicyclic) bond motifs is 1. The number of aromatic carboxylic acids is 1. The zero-order valence-electron chi connectivity index (χ0n) is 22.6. The third kappa shape index (κ3) is 7.07. The molecule has 4 rings (SSSR count). The van der Waals surface area contributed by atoms with Gasteiger partial charge in [0.05, 0.1) is 24.4 Å². The Kier molecular flexibility index (Phi) is 8.62. The van der Waals surface area contributed by atoms with E-state index in [-0.39, 0.29) is 23.8 Å². The highest BCUT2D eigenvalue weighted by atomic mass is 16.5. The lowest BCUT2D eigenvalue weighted by molar-refractivity contribution is -0.00397. The summed E-state index contributed by atoms with van der Waals surface area (Å²) in [5.41, 5.74) is 4.91. The molecule has 5 nitrogen and oxygen atoms in total. The average molecular weight is 512 g/mol. The lowest BCUT2D eigenvalue weighted by Crippen LogP contribution is -2.46. The van der Waals surface area contributed by atoms with Gasteiger partial charge in [0.15, 0.2) is 0 Å². The maximum atomic E-state index is 11.6. The zero-order valence-corrected chi connectivity index (χ0v) is 22.6. The van der Waals surface area contributed by atoms with Crippen LogP contribution >= 0.6 is 0 Å². The highest BCUT2D eigenvalue weighted by Crippen LogP contribution is 2.31. The first-order valence-electron chi connectivity index (χ1n) is 13.1. The fourth-order valence-electron chi connectivity index (χ4n) is 4.90. The molecular weight excluding hydrogens is 474 g/mol. The molecule has 3 N–H and O–H groups in total. The Labute approximate surface area is 225 Å². The van der Waals surface area contributed by atoms with Crippen molar-refractivity contribution < 1.29 is 19.7 Å². The van der Waals surface area contributed by atoms with Gasteiger partial charge in [0.25, 0.3) is 0 Å². The van der Waals surface area contributed by atoms with Crippen LogP contribution in [0.4, 0.5) is 0 Å². The van der Waals surface area contributed by atoms with Gasteiger partial charge in [-0.15, -0.1) is 0 Å². The fraction of sp³-hybridized carbons (Fsp3) is 0.303. The van der Waals surface area contributed by atoms with Crippen molar-refractivity contribution in [2.75, 3.05) is 13.2 Å². The van der Waals surface area contributed by atoms with Crippen LogP contribution in [0, 0.1) is 6.92 Å². The van der Waals surface area contributed by atoms with Gasteiger partial charge in [0, 0.05) is 12.1 Å². The van der Waals surface area contributed by atoms with Gasteiger partial charge in [-0.25, -0.2) is 4.79 Å². The van der Waals surface area contributed by atoms with Crippen molar-refractivity contribution in [2.45, 2.75) is 51.9 Å². The Bertz CT molecular complexity index is 1410. The number of carboxylic acids is 1. The monoisotopic (exact) mass is 511 g/mol. The van der Waals surface area contributed by atoms with E-state index in [0.29, 0.717) is 6.54 Å². The van der Waals surface area contributed by atoms with Crippen LogP contribution in [0.3, 0.4) is 0 Å². The summed E-state index contributed by atoms with van der Waals surface area (Å²) >= 11 is 0. The Morgan fingerprint density at radius 2 is 1.66 bits per heavy atom. The van der Waals surface area contributed by atoms with Gasteiger partial charge >= 0.3 is 5.97 Å². The SMILES string of the molecule is Cc1cc(C(=O)O)cc(-c2ccccc2[C@@H](C)OC[C@H](O)CNC(C)(C)Cc2ccc3ccccc3c2)c1. The van der Waals surface area contributed by atoms with E-state index in [2.05, 4.69) is 55.6 Å². The van der Waals surface area contributed by atoms with Crippen molar-refractivity contribution in [3.63, 3.8) is 0 Å². The molecule has 4 aromatic rings. The topological polar surface area (TPSA) is 78.8 Å². The number of aliphatic hydroxyl groups is 1. The van der Waals surface area contributed by atoms with Crippen LogP contribution in [0.1, 0.15) is 53.9 Å². The number of rotatable bonds is 11. The van der Waals surface area contributed by atoms with Crippen molar-refractivity contribution in [3.05, 3.63) is 107 Å². The molecule has 2 atom stereocenters. The number of benzene rings is 4. The van der Waals surface area contributed by atoms with E-state index in [1.165, 1.54) is 16.3 Å². The first-order chi connectivity index (χ1) is 18.1. The molecule has 5 heteroatoms. The molecule has 198 valence electrons. The largest absolute Gasteiger partial charge is 0.478 e. The van der Waals surface area contributed by atoms with Crippen molar-refractivity contribution in [3.8, 4) is 11.1 Å². The predicted octanol–water partition coefficient (Wildman–Crippen LogP) is 6.56. The van der Waals surface area contributed by atoms with Crippen LogP contribution < -0.4 is 5.32 Å². The number of nitrogens with one attached hydrogen (secondary N) is 1. The summed E-state index contributed by atoms with van der Waals surface area (Å²) in [6, 6.07) is 28.1. The second-order valence-electron chi connectivity index (χ2n) is 10.7. The minimum atomic E-state index is -0.948. The van der Waals surface area contributed by atoms with Gasteiger partial charge in [0.1, 0.15) is 0 Å². The van der Waals surface area contributed by atoms with Gasteiger partial charge in [-0.1, -0.05) is 72.8 Å². The maximum Gasteiger partial charge on any atom is 0.335 e. The number of β-amino-alcohol motifs (C(OH)–C–C–N with tert-alkyl or cyclic N) is 1. The normalized spacial score (nSPS) is 13.4. The molecule has 0 aromatic heterocycles. The zero-order chi connectivity index (χ0) is 27.3. The van der Waals surface area contributed by atoms with E-state index in [1.54, 1.807) is 12.1 Å². The van der Waals surface area contributed by atoms with E-state index in [1.807, 2.05) is 50.2 Å². The lowest BCUT2D eigenvalue weighted by atomic mass is 9.93. The molecule has 0 unspecified atom stereocenters. The number of aryl methyl sites for hydroxylation is 1. The van der Waals surface area contributed by atoms with E-state index < -0.39 is 12.1 Å². The summed E-state index contributed by atoms with van der Waals surface area (Å²) in [6.45, 7) is 8.72. The molecule has 0 aliphatic carbocycles. The van der Waals surface area contributed by atoms with Crippen molar-refractivity contribution >= 4 is 16.7 Å². The van der Waals surface area contributed by atoms with Crippen LogP contribution in [-0.4, -0.2) is 41.0 Å². The molecule has 0 saturated heterocycles. The van der Waals surface area contributed by atoms with Crippen LogP contribution in [0.25, 0.3) is 21.9 Å².